The lowest BCUT2D eigenvalue weighted by Gasteiger charge is -1.98. The van der Waals surface area contributed by atoms with Gasteiger partial charge in [0, 0.05) is 0 Å². The summed E-state index contributed by atoms with van der Waals surface area (Å²) in [5, 5.41) is 11.1. The number of rotatable bonds is 0. The lowest BCUT2D eigenvalue weighted by Crippen LogP contribution is -2.23. The van der Waals surface area contributed by atoms with E-state index in [0.717, 1.165) is 5.69 Å². The summed E-state index contributed by atoms with van der Waals surface area (Å²) in [4.78, 5) is 0. The summed E-state index contributed by atoms with van der Waals surface area (Å²) in [5.41, 5.74) is 12.9. The summed E-state index contributed by atoms with van der Waals surface area (Å²) < 4.78 is 1.31. The molecule has 0 aliphatic rings. The van der Waals surface area contributed by atoms with Crippen molar-refractivity contribution in [2.45, 2.75) is 13.8 Å². The average molecular weight is 226 g/mol. The van der Waals surface area contributed by atoms with E-state index in [9.17, 15) is 0 Å². The van der Waals surface area contributed by atoms with Crippen molar-refractivity contribution in [1.82, 2.24) is 9.78 Å². The average Bonchev–Trinajstić information content (AvgIpc) is 2.17. The molecule has 0 unspecified atom stereocenters. The van der Waals surface area contributed by atoms with Crippen LogP contribution in [0.2, 0.25) is 0 Å². The highest BCUT2D eigenvalue weighted by molar-refractivity contribution is 5.85. The molecule has 1 aromatic heterocycles. The number of halogens is 2. The number of nitrogens with two attached hydrogens (primary N) is 2. The maximum absolute atomic E-state index is 7.11. The molecule has 7 heteroatoms. The monoisotopic (exact) mass is 225 g/mol. The Kier molecular flexibility index (Phi) is 5.53. The molecule has 0 aromatic carbocycles. The zero-order chi connectivity index (χ0) is 8.59. The summed E-state index contributed by atoms with van der Waals surface area (Å²) in [6, 6.07) is 0. The van der Waals surface area contributed by atoms with Crippen molar-refractivity contribution >= 4 is 36.5 Å². The summed E-state index contributed by atoms with van der Waals surface area (Å²) in [6.07, 6.45) is 0. The van der Waals surface area contributed by atoms with E-state index in [1.54, 1.807) is 13.8 Å². The van der Waals surface area contributed by atoms with Crippen molar-refractivity contribution in [1.29, 1.82) is 5.41 Å². The van der Waals surface area contributed by atoms with E-state index in [2.05, 4.69) is 5.10 Å². The number of nitrogens with one attached hydrogen (secondary N) is 1. The fraction of sp³-hybridized carbons (Fsp3) is 0.333. The van der Waals surface area contributed by atoms with Crippen molar-refractivity contribution in [2.75, 3.05) is 5.73 Å². The summed E-state index contributed by atoms with van der Waals surface area (Å²) in [7, 11) is 0. The van der Waals surface area contributed by atoms with Gasteiger partial charge in [-0.05, 0) is 13.8 Å². The molecule has 1 aromatic rings. The van der Waals surface area contributed by atoms with Crippen LogP contribution in [-0.2, 0) is 0 Å². The number of aryl methyl sites for hydroxylation is 1. The lowest BCUT2D eigenvalue weighted by atomic mass is 10.3. The van der Waals surface area contributed by atoms with Crippen LogP contribution in [0.15, 0.2) is 0 Å². The van der Waals surface area contributed by atoms with Crippen LogP contribution in [0.4, 0.5) is 5.69 Å². The number of aromatic nitrogens is 2. The molecule has 1 rings (SSSR count). The zero-order valence-electron chi connectivity index (χ0n) is 7.37. The minimum Gasteiger partial charge on any atom is -0.396 e. The summed E-state index contributed by atoms with van der Waals surface area (Å²) >= 11 is 0. The molecule has 0 saturated heterocycles. The molecule has 0 aliphatic carbocycles. The largest absolute Gasteiger partial charge is 0.396 e. The van der Waals surface area contributed by atoms with Crippen molar-refractivity contribution in [3.63, 3.8) is 0 Å². The fourth-order valence-electron chi connectivity index (χ4n) is 0.889. The predicted octanol–water partition coefficient (Wildman–Crippen LogP) is 0.667. The number of hydrogen-bond donors (Lipinski definition) is 3. The van der Waals surface area contributed by atoms with Crippen LogP contribution in [0.25, 0.3) is 0 Å². The minimum atomic E-state index is -0.109. The topological polar surface area (TPSA) is 93.7 Å². The Bertz CT molecular complexity index is 306. The molecule has 0 aliphatic heterocycles. The van der Waals surface area contributed by atoms with E-state index in [-0.39, 0.29) is 30.8 Å². The first-order valence-corrected chi connectivity index (χ1v) is 3.20. The van der Waals surface area contributed by atoms with Crippen LogP contribution in [0, 0.1) is 19.3 Å². The molecule has 0 fully saturated rings. The highest BCUT2D eigenvalue weighted by atomic mass is 35.5. The molecule has 1 heterocycles. The maximum Gasteiger partial charge on any atom is 0.213 e. The molecule has 0 spiro atoms. The highest BCUT2D eigenvalue weighted by Gasteiger charge is 2.08. The normalized spacial score (nSPS) is 8.46. The SMILES string of the molecule is Cc1nn(C(=N)N)c(C)c1N.Cl.Cl. The van der Waals surface area contributed by atoms with Gasteiger partial charge in [-0.2, -0.15) is 5.10 Å². The van der Waals surface area contributed by atoms with Crippen molar-refractivity contribution in [2.24, 2.45) is 5.73 Å². The van der Waals surface area contributed by atoms with Crippen LogP contribution >= 0.6 is 24.8 Å². The van der Waals surface area contributed by atoms with E-state index >= 15 is 0 Å². The lowest BCUT2D eigenvalue weighted by molar-refractivity contribution is 0.863. The first-order chi connectivity index (χ1) is 5.04. The molecular formula is C6H13Cl2N5. The first-order valence-electron chi connectivity index (χ1n) is 3.20. The molecule has 0 amide bonds. The second kappa shape index (κ2) is 4.94. The first kappa shape index (κ1) is 14.6. The third-order valence-corrected chi connectivity index (χ3v) is 1.58. The van der Waals surface area contributed by atoms with E-state index in [1.165, 1.54) is 4.68 Å². The van der Waals surface area contributed by atoms with Gasteiger partial charge in [-0.15, -0.1) is 24.8 Å². The Morgan fingerprint density at radius 3 is 2.00 bits per heavy atom. The van der Waals surface area contributed by atoms with Gasteiger partial charge in [-0.25, -0.2) is 4.68 Å². The minimum absolute atomic E-state index is 0. The maximum atomic E-state index is 7.11. The van der Waals surface area contributed by atoms with Crippen LogP contribution < -0.4 is 11.5 Å². The number of nitrogen functional groups attached to an aromatic ring is 2. The third-order valence-electron chi connectivity index (χ3n) is 1.58. The third kappa shape index (κ3) is 2.50. The zero-order valence-corrected chi connectivity index (χ0v) is 9.00. The smallest absolute Gasteiger partial charge is 0.213 e. The van der Waals surface area contributed by atoms with Gasteiger partial charge in [-0.1, -0.05) is 0 Å². The Morgan fingerprint density at radius 2 is 1.85 bits per heavy atom. The molecule has 0 saturated carbocycles. The molecule has 0 radical (unpaired) electrons. The van der Waals surface area contributed by atoms with Crippen LogP contribution in [0.3, 0.4) is 0 Å². The van der Waals surface area contributed by atoms with Gasteiger partial charge < -0.3 is 11.5 Å². The summed E-state index contributed by atoms with van der Waals surface area (Å²) in [5.74, 6) is -0.109. The molecule has 0 bridgehead atoms. The fourth-order valence-corrected chi connectivity index (χ4v) is 0.889. The van der Waals surface area contributed by atoms with Crippen molar-refractivity contribution in [3.8, 4) is 0 Å². The number of nitrogens with zero attached hydrogens (tertiary/aromatic N) is 2. The van der Waals surface area contributed by atoms with E-state index in [1.807, 2.05) is 0 Å². The highest BCUT2D eigenvalue weighted by Crippen LogP contribution is 2.13. The summed E-state index contributed by atoms with van der Waals surface area (Å²) in [6.45, 7) is 3.55. The van der Waals surface area contributed by atoms with Gasteiger partial charge in [0.15, 0.2) is 0 Å². The van der Waals surface area contributed by atoms with Gasteiger partial charge in [-0.3, -0.25) is 5.41 Å². The second-order valence-corrected chi connectivity index (χ2v) is 2.38. The molecule has 76 valence electrons. The van der Waals surface area contributed by atoms with Crippen molar-refractivity contribution < 1.29 is 0 Å². The number of anilines is 1. The van der Waals surface area contributed by atoms with E-state index in [0.29, 0.717) is 11.4 Å². The van der Waals surface area contributed by atoms with E-state index in [4.69, 9.17) is 16.9 Å². The van der Waals surface area contributed by atoms with Crippen LogP contribution in [0.1, 0.15) is 11.4 Å². The number of hydrogen-bond acceptors (Lipinski definition) is 3. The van der Waals surface area contributed by atoms with Gasteiger partial charge in [0.05, 0.1) is 17.1 Å². The van der Waals surface area contributed by atoms with Crippen LogP contribution in [-0.4, -0.2) is 15.7 Å². The quantitative estimate of drug-likeness (QED) is 0.448. The molecular weight excluding hydrogens is 213 g/mol. The van der Waals surface area contributed by atoms with Gasteiger partial charge >= 0.3 is 0 Å². The molecule has 5 N–H and O–H groups in total. The molecule has 13 heavy (non-hydrogen) atoms. The standard InChI is InChI=1S/C6H11N5.2ClH/c1-3-5(7)4(2)11(10-3)6(8)9;;/h7H2,1-2H3,(H3,8,9);2*1H. The second-order valence-electron chi connectivity index (χ2n) is 2.38. The molecule has 5 nitrogen and oxygen atoms in total. The van der Waals surface area contributed by atoms with Gasteiger partial charge in [0.2, 0.25) is 5.96 Å². The van der Waals surface area contributed by atoms with Crippen molar-refractivity contribution in [3.05, 3.63) is 11.4 Å². The molecule has 0 atom stereocenters. The predicted molar refractivity (Wildman–Crippen MR) is 57.9 cm³/mol. The van der Waals surface area contributed by atoms with Gasteiger partial charge in [0.25, 0.3) is 0 Å². The van der Waals surface area contributed by atoms with Gasteiger partial charge in [0.1, 0.15) is 0 Å². The Labute approximate surface area is 88.8 Å². The Balaban J connectivity index is 0. The Morgan fingerprint density at radius 1 is 1.38 bits per heavy atom. The van der Waals surface area contributed by atoms with E-state index < -0.39 is 0 Å². The van der Waals surface area contributed by atoms with Crippen LogP contribution in [0.5, 0.6) is 0 Å². The Hall–Kier alpha value is -0.940.